The number of rotatable bonds is 3. The van der Waals surface area contributed by atoms with E-state index < -0.39 is 5.54 Å². The van der Waals surface area contributed by atoms with E-state index in [1.54, 1.807) is 12.1 Å². The van der Waals surface area contributed by atoms with Gasteiger partial charge in [0.05, 0.1) is 21.9 Å². The lowest BCUT2D eigenvalue weighted by Crippen LogP contribution is -2.50. The van der Waals surface area contributed by atoms with Crippen LogP contribution in [0.3, 0.4) is 0 Å². The smallest absolute Gasteiger partial charge is 0.262 e. The molecule has 1 saturated heterocycles. The van der Waals surface area contributed by atoms with Gasteiger partial charge in [-0.1, -0.05) is 18.5 Å². The van der Waals surface area contributed by atoms with Gasteiger partial charge in [0.2, 0.25) is 5.91 Å². The summed E-state index contributed by atoms with van der Waals surface area (Å²) in [6.45, 7) is 2.79. The van der Waals surface area contributed by atoms with Crippen molar-refractivity contribution in [3.8, 4) is 5.75 Å². The van der Waals surface area contributed by atoms with Gasteiger partial charge in [-0.2, -0.15) is 0 Å². The third-order valence-electron chi connectivity index (χ3n) is 4.23. The molecule has 2 heterocycles. The number of nitrogens with one attached hydrogen (secondary N) is 3. The summed E-state index contributed by atoms with van der Waals surface area (Å²) in [5, 5.41) is 9.21. The second kappa shape index (κ2) is 6.95. The fourth-order valence-electron chi connectivity index (χ4n) is 2.90. The Hall–Kier alpha value is -1.50. The Morgan fingerprint density at radius 2 is 2.26 bits per heavy atom. The highest BCUT2D eigenvalue weighted by atomic mass is 35.5. The maximum absolute atomic E-state index is 12.6. The van der Waals surface area contributed by atoms with Gasteiger partial charge in [0.1, 0.15) is 5.75 Å². The lowest BCUT2D eigenvalue weighted by atomic mass is 9.93. The van der Waals surface area contributed by atoms with Crippen LogP contribution >= 0.6 is 24.0 Å². The number of fused-ring (bicyclic) bond motifs is 1. The van der Waals surface area contributed by atoms with Crippen LogP contribution in [0.1, 0.15) is 26.2 Å². The first-order chi connectivity index (χ1) is 10.5. The van der Waals surface area contributed by atoms with Crippen LogP contribution in [0, 0.1) is 0 Å². The van der Waals surface area contributed by atoms with E-state index in [2.05, 4.69) is 16.0 Å². The van der Waals surface area contributed by atoms with Crippen molar-refractivity contribution in [3.05, 3.63) is 17.2 Å². The molecule has 6 nitrogen and oxygen atoms in total. The van der Waals surface area contributed by atoms with E-state index in [0.29, 0.717) is 28.6 Å². The summed E-state index contributed by atoms with van der Waals surface area (Å²) < 4.78 is 5.35. The summed E-state index contributed by atoms with van der Waals surface area (Å²) in [6, 6.07) is 3.23. The van der Waals surface area contributed by atoms with Gasteiger partial charge >= 0.3 is 0 Å². The minimum atomic E-state index is -0.533. The molecule has 8 heteroatoms. The first-order valence-electron chi connectivity index (χ1n) is 7.37. The molecule has 0 aromatic heterocycles. The molecule has 1 aromatic rings. The van der Waals surface area contributed by atoms with Crippen molar-refractivity contribution in [2.45, 2.75) is 31.7 Å². The Morgan fingerprint density at radius 1 is 1.48 bits per heavy atom. The Labute approximate surface area is 145 Å². The van der Waals surface area contributed by atoms with Crippen LogP contribution in [-0.4, -0.2) is 30.5 Å². The monoisotopic (exact) mass is 359 g/mol. The predicted molar refractivity (Wildman–Crippen MR) is 91.7 cm³/mol. The van der Waals surface area contributed by atoms with Crippen molar-refractivity contribution in [2.24, 2.45) is 0 Å². The molecule has 2 aliphatic heterocycles. The SMILES string of the molecule is CCC1(C(=O)Nc2cc3c(cc2Cl)NC(=O)CO3)CCCN1.Cl. The standard InChI is InChI=1S/C15H18ClN3O3.ClH/c1-2-15(4-3-5-17-15)14(21)19-10-7-12-11(6-9(10)16)18-13(20)8-22-12;/h6-7,17H,2-5,8H2,1H3,(H,18,20)(H,19,21);1H. The molecule has 1 unspecified atom stereocenters. The van der Waals surface area contributed by atoms with Gasteiger partial charge in [0.25, 0.3) is 5.91 Å². The van der Waals surface area contributed by atoms with Crippen molar-refractivity contribution in [1.29, 1.82) is 0 Å². The Bertz CT molecular complexity index is 631. The van der Waals surface area contributed by atoms with E-state index in [0.717, 1.165) is 19.4 Å². The molecular weight excluding hydrogens is 341 g/mol. The third kappa shape index (κ3) is 3.39. The van der Waals surface area contributed by atoms with Gasteiger partial charge < -0.3 is 20.7 Å². The van der Waals surface area contributed by atoms with E-state index in [9.17, 15) is 9.59 Å². The number of carbonyl (C=O) groups is 2. The van der Waals surface area contributed by atoms with Crippen LogP contribution < -0.4 is 20.7 Å². The highest BCUT2D eigenvalue weighted by Gasteiger charge is 2.39. The molecule has 1 aromatic carbocycles. The molecule has 1 atom stereocenters. The molecule has 23 heavy (non-hydrogen) atoms. The Kier molecular flexibility index (Phi) is 5.39. The minimum Gasteiger partial charge on any atom is -0.482 e. The molecule has 0 saturated carbocycles. The van der Waals surface area contributed by atoms with Gasteiger partial charge in [0.15, 0.2) is 6.61 Å². The Balaban J connectivity index is 0.00000192. The number of benzene rings is 1. The zero-order valence-corrected chi connectivity index (χ0v) is 14.3. The molecule has 3 rings (SSSR count). The molecule has 0 radical (unpaired) electrons. The molecule has 126 valence electrons. The lowest BCUT2D eigenvalue weighted by molar-refractivity contribution is -0.122. The topological polar surface area (TPSA) is 79.5 Å². The fraction of sp³-hybridized carbons (Fsp3) is 0.467. The van der Waals surface area contributed by atoms with Crippen molar-refractivity contribution >= 4 is 47.2 Å². The third-order valence-corrected chi connectivity index (χ3v) is 4.54. The highest BCUT2D eigenvalue weighted by Crippen LogP contribution is 2.37. The molecule has 2 amide bonds. The van der Waals surface area contributed by atoms with E-state index in [1.807, 2.05) is 6.92 Å². The van der Waals surface area contributed by atoms with Crippen molar-refractivity contribution in [1.82, 2.24) is 5.32 Å². The summed E-state index contributed by atoms with van der Waals surface area (Å²) in [7, 11) is 0. The summed E-state index contributed by atoms with van der Waals surface area (Å²) in [5.74, 6) is 0.193. The largest absolute Gasteiger partial charge is 0.482 e. The zero-order valence-electron chi connectivity index (χ0n) is 12.7. The van der Waals surface area contributed by atoms with E-state index in [1.165, 1.54) is 0 Å². The van der Waals surface area contributed by atoms with Gasteiger partial charge in [-0.15, -0.1) is 12.4 Å². The van der Waals surface area contributed by atoms with Crippen molar-refractivity contribution < 1.29 is 14.3 Å². The number of hydrogen-bond donors (Lipinski definition) is 3. The molecule has 1 fully saturated rings. The number of carbonyl (C=O) groups excluding carboxylic acids is 2. The molecule has 0 aliphatic carbocycles. The molecular formula is C15H19Cl2N3O3. The van der Waals surface area contributed by atoms with Crippen LogP contribution in [0.2, 0.25) is 5.02 Å². The molecule has 0 bridgehead atoms. The second-order valence-corrected chi connectivity index (χ2v) is 5.99. The maximum Gasteiger partial charge on any atom is 0.262 e. The van der Waals surface area contributed by atoms with Gasteiger partial charge in [0, 0.05) is 6.07 Å². The van der Waals surface area contributed by atoms with E-state index in [-0.39, 0.29) is 30.8 Å². The number of anilines is 2. The normalized spacial score (nSPS) is 22.4. The molecule has 0 spiro atoms. The maximum atomic E-state index is 12.6. The molecule has 3 N–H and O–H groups in total. The lowest BCUT2D eigenvalue weighted by Gasteiger charge is -2.27. The van der Waals surface area contributed by atoms with Crippen LogP contribution in [0.25, 0.3) is 0 Å². The predicted octanol–water partition coefficient (Wildman–Crippen LogP) is 2.56. The number of amides is 2. The van der Waals surface area contributed by atoms with Crippen LogP contribution in [-0.2, 0) is 9.59 Å². The quantitative estimate of drug-likeness (QED) is 0.774. The van der Waals surface area contributed by atoms with Crippen molar-refractivity contribution in [3.63, 3.8) is 0 Å². The second-order valence-electron chi connectivity index (χ2n) is 5.59. The average Bonchev–Trinajstić information content (AvgIpc) is 2.98. The average molecular weight is 360 g/mol. The summed E-state index contributed by atoms with van der Waals surface area (Å²) in [4.78, 5) is 23.9. The molecule has 2 aliphatic rings. The van der Waals surface area contributed by atoms with Gasteiger partial charge in [-0.05, 0) is 31.9 Å². The summed E-state index contributed by atoms with van der Waals surface area (Å²) in [5.41, 5.74) is 0.473. The van der Waals surface area contributed by atoms with Crippen molar-refractivity contribution in [2.75, 3.05) is 23.8 Å². The summed E-state index contributed by atoms with van der Waals surface area (Å²) in [6.07, 6.45) is 2.51. The van der Waals surface area contributed by atoms with Gasteiger partial charge in [-0.3, -0.25) is 9.59 Å². The van der Waals surface area contributed by atoms with Crippen LogP contribution in [0.4, 0.5) is 11.4 Å². The summed E-state index contributed by atoms with van der Waals surface area (Å²) >= 11 is 6.21. The highest BCUT2D eigenvalue weighted by molar-refractivity contribution is 6.34. The minimum absolute atomic E-state index is 0. The van der Waals surface area contributed by atoms with E-state index >= 15 is 0 Å². The fourth-order valence-corrected chi connectivity index (χ4v) is 3.11. The van der Waals surface area contributed by atoms with Gasteiger partial charge in [-0.25, -0.2) is 0 Å². The zero-order chi connectivity index (χ0) is 15.7. The van der Waals surface area contributed by atoms with Crippen LogP contribution in [0.15, 0.2) is 12.1 Å². The number of halogens is 2. The first kappa shape index (κ1) is 17.8. The number of ether oxygens (including phenoxy) is 1. The van der Waals surface area contributed by atoms with E-state index in [4.69, 9.17) is 16.3 Å². The first-order valence-corrected chi connectivity index (χ1v) is 7.74. The number of hydrogen-bond acceptors (Lipinski definition) is 4. The Morgan fingerprint density at radius 3 is 2.91 bits per heavy atom. The van der Waals surface area contributed by atoms with Crippen LogP contribution in [0.5, 0.6) is 5.75 Å².